The maximum absolute atomic E-state index is 12.7. The summed E-state index contributed by atoms with van der Waals surface area (Å²) >= 11 is 3.45. The number of aromatic amines is 1. The lowest BCUT2D eigenvalue weighted by Gasteiger charge is -2.22. The number of H-pyrrole nitrogens is 1. The molecule has 120 valence electrons. The van der Waals surface area contributed by atoms with Gasteiger partial charge in [-0.25, -0.2) is 0 Å². The standard InChI is InChI=1S/C16H16BrN3O3/c17-13-14(10-5-2-1-3-6-10)18-19-15(13)16(23)20-8-4-7-11(20)9-12(21)22/h1-3,5-6,11H,4,7-9H2,(H,18,19)(H,21,22). The minimum atomic E-state index is -0.886. The smallest absolute Gasteiger partial charge is 0.305 e. The fraction of sp³-hybridized carbons (Fsp3) is 0.312. The number of nitrogens with one attached hydrogen (secondary N) is 1. The number of nitrogens with zero attached hydrogens (tertiary/aromatic N) is 2. The van der Waals surface area contributed by atoms with E-state index in [1.54, 1.807) is 4.90 Å². The zero-order valence-electron chi connectivity index (χ0n) is 12.3. The number of carboxylic acid groups (broad SMARTS) is 1. The van der Waals surface area contributed by atoms with Gasteiger partial charge in [-0.1, -0.05) is 30.3 Å². The van der Waals surface area contributed by atoms with Crippen LogP contribution in [0.1, 0.15) is 29.8 Å². The molecular formula is C16H16BrN3O3. The molecule has 1 aromatic carbocycles. The summed E-state index contributed by atoms with van der Waals surface area (Å²) in [5.41, 5.74) is 1.93. The molecule has 6 nitrogen and oxygen atoms in total. The van der Waals surface area contributed by atoms with Gasteiger partial charge < -0.3 is 10.0 Å². The van der Waals surface area contributed by atoms with Crippen molar-refractivity contribution in [3.05, 3.63) is 40.5 Å². The summed E-state index contributed by atoms with van der Waals surface area (Å²) in [5.74, 6) is -1.10. The minimum Gasteiger partial charge on any atom is -0.481 e. The Morgan fingerprint density at radius 3 is 2.78 bits per heavy atom. The highest BCUT2D eigenvalue weighted by Gasteiger charge is 2.33. The second kappa shape index (κ2) is 6.54. The van der Waals surface area contributed by atoms with Gasteiger partial charge in [-0.3, -0.25) is 14.7 Å². The van der Waals surface area contributed by atoms with Crippen molar-refractivity contribution in [1.29, 1.82) is 0 Å². The summed E-state index contributed by atoms with van der Waals surface area (Å²) in [4.78, 5) is 25.3. The average molecular weight is 378 g/mol. The van der Waals surface area contributed by atoms with Gasteiger partial charge in [0.15, 0.2) is 0 Å². The number of aromatic nitrogens is 2. The van der Waals surface area contributed by atoms with Gasteiger partial charge in [0.2, 0.25) is 0 Å². The van der Waals surface area contributed by atoms with Crippen LogP contribution in [0.2, 0.25) is 0 Å². The SMILES string of the molecule is O=C(O)CC1CCCN1C(=O)c1[nH]nc(-c2ccccc2)c1Br. The largest absolute Gasteiger partial charge is 0.481 e. The maximum atomic E-state index is 12.7. The molecule has 1 aromatic heterocycles. The highest BCUT2D eigenvalue weighted by atomic mass is 79.9. The topological polar surface area (TPSA) is 86.3 Å². The number of benzene rings is 1. The normalized spacial score (nSPS) is 17.4. The summed E-state index contributed by atoms with van der Waals surface area (Å²) in [5, 5.41) is 16.0. The zero-order chi connectivity index (χ0) is 16.4. The molecule has 1 fully saturated rings. The van der Waals surface area contributed by atoms with E-state index in [0.29, 0.717) is 22.4 Å². The number of hydrogen-bond donors (Lipinski definition) is 2. The third-order valence-corrected chi connectivity index (χ3v) is 4.79. The monoisotopic (exact) mass is 377 g/mol. The number of carbonyl (C=O) groups is 2. The van der Waals surface area contributed by atoms with Gasteiger partial charge >= 0.3 is 5.97 Å². The lowest BCUT2D eigenvalue weighted by atomic mass is 10.1. The van der Waals surface area contributed by atoms with Crippen LogP contribution in [0.25, 0.3) is 11.3 Å². The van der Waals surface area contributed by atoms with Crippen molar-refractivity contribution in [3.63, 3.8) is 0 Å². The van der Waals surface area contributed by atoms with E-state index in [0.717, 1.165) is 18.4 Å². The number of halogens is 1. The zero-order valence-corrected chi connectivity index (χ0v) is 13.9. The van der Waals surface area contributed by atoms with E-state index in [1.165, 1.54) is 0 Å². The summed E-state index contributed by atoms with van der Waals surface area (Å²) in [7, 11) is 0. The van der Waals surface area contributed by atoms with E-state index < -0.39 is 5.97 Å². The van der Waals surface area contributed by atoms with Gasteiger partial charge in [0, 0.05) is 18.2 Å². The lowest BCUT2D eigenvalue weighted by molar-refractivity contribution is -0.137. The minimum absolute atomic E-state index is 0.0248. The molecule has 1 aliphatic rings. The summed E-state index contributed by atoms with van der Waals surface area (Å²) in [6.07, 6.45) is 1.51. The van der Waals surface area contributed by atoms with Crippen molar-refractivity contribution in [2.75, 3.05) is 6.54 Å². The second-order valence-electron chi connectivity index (χ2n) is 5.52. The summed E-state index contributed by atoms with van der Waals surface area (Å²) < 4.78 is 0.606. The lowest BCUT2D eigenvalue weighted by Crippen LogP contribution is -2.37. The van der Waals surface area contributed by atoms with Crippen molar-refractivity contribution in [2.45, 2.75) is 25.3 Å². The van der Waals surface area contributed by atoms with E-state index in [9.17, 15) is 9.59 Å². The predicted molar refractivity (Wildman–Crippen MR) is 88.0 cm³/mol. The average Bonchev–Trinajstić information content (AvgIpc) is 3.14. The van der Waals surface area contributed by atoms with Crippen molar-refractivity contribution in [3.8, 4) is 11.3 Å². The fourth-order valence-corrected chi connectivity index (χ4v) is 3.49. The molecule has 1 atom stereocenters. The molecule has 3 rings (SSSR count). The molecule has 1 amide bonds. The molecule has 7 heteroatoms. The number of carboxylic acids is 1. The van der Waals surface area contributed by atoms with Crippen LogP contribution in [0.3, 0.4) is 0 Å². The Morgan fingerprint density at radius 2 is 2.09 bits per heavy atom. The quantitative estimate of drug-likeness (QED) is 0.857. The van der Waals surface area contributed by atoms with Crippen LogP contribution in [0.15, 0.2) is 34.8 Å². The van der Waals surface area contributed by atoms with Crippen LogP contribution in [0.4, 0.5) is 0 Å². The molecule has 2 heterocycles. The van der Waals surface area contributed by atoms with Crippen LogP contribution in [-0.2, 0) is 4.79 Å². The van der Waals surface area contributed by atoms with Crippen molar-refractivity contribution < 1.29 is 14.7 Å². The molecule has 2 N–H and O–H groups in total. The van der Waals surface area contributed by atoms with Gasteiger partial charge in [-0.15, -0.1) is 0 Å². The van der Waals surface area contributed by atoms with Crippen LogP contribution in [0.5, 0.6) is 0 Å². The fourth-order valence-electron chi connectivity index (χ4n) is 2.92. The van der Waals surface area contributed by atoms with Crippen LogP contribution in [0, 0.1) is 0 Å². The first-order valence-corrected chi connectivity index (χ1v) is 8.19. The Labute approximate surface area is 141 Å². The molecule has 1 aliphatic heterocycles. The number of aliphatic carboxylic acids is 1. The first kappa shape index (κ1) is 15.7. The molecule has 1 unspecified atom stereocenters. The Morgan fingerprint density at radius 1 is 1.35 bits per heavy atom. The number of hydrogen-bond acceptors (Lipinski definition) is 3. The number of rotatable bonds is 4. The third kappa shape index (κ3) is 3.14. The van der Waals surface area contributed by atoms with E-state index in [4.69, 9.17) is 5.11 Å². The second-order valence-corrected chi connectivity index (χ2v) is 6.31. The number of amides is 1. The van der Waals surface area contributed by atoms with Crippen LogP contribution < -0.4 is 0 Å². The van der Waals surface area contributed by atoms with E-state index in [1.807, 2.05) is 30.3 Å². The third-order valence-electron chi connectivity index (χ3n) is 4.02. The van der Waals surface area contributed by atoms with Gasteiger partial charge in [-0.2, -0.15) is 5.10 Å². The molecule has 0 radical (unpaired) electrons. The van der Waals surface area contributed by atoms with Gasteiger partial charge in [0.25, 0.3) is 5.91 Å². The van der Waals surface area contributed by atoms with Crippen molar-refractivity contribution in [2.24, 2.45) is 0 Å². The first-order valence-electron chi connectivity index (χ1n) is 7.40. The Balaban J connectivity index is 1.86. The predicted octanol–water partition coefficient (Wildman–Crippen LogP) is 2.92. The van der Waals surface area contributed by atoms with Gasteiger partial charge in [-0.05, 0) is 28.8 Å². The van der Waals surface area contributed by atoms with E-state index in [2.05, 4.69) is 26.1 Å². The Kier molecular flexibility index (Phi) is 4.47. The molecule has 23 heavy (non-hydrogen) atoms. The van der Waals surface area contributed by atoms with E-state index in [-0.39, 0.29) is 18.4 Å². The van der Waals surface area contributed by atoms with Crippen molar-refractivity contribution >= 4 is 27.8 Å². The molecule has 1 saturated heterocycles. The van der Waals surface area contributed by atoms with E-state index >= 15 is 0 Å². The number of carbonyl (C=O) groups excluding carboxylic acids is 1. The summed E-state index contributed by atoms with van der Waals surface area (Å²) in [6.45, 7) is 0.572. The molecule has 0 saturated carbocycles. The van der Waals surface area contributed by atoms with Gasteiger partial charge in [0.1, 0.15) is 11.4 Å². The Bertz CT molecular complexity index is 729. The highest BCUT2D eigenvalue weighted by molar-refractivity contribution is 9.10. The van der Waals surface area contributed by atoms with Crippen LogP contribution in [-0.4, -0.2) is 44.7 Å². The molecule has 0 spiro atoms. The summed E-state index contributed by atoms with van der Waals surface area (Å²) in [6, 6.07) is 9.30. The Hall–Kier alpha value is -2.15. The molecule has 2 aromatic rings. The molecule has 0 bridgehead atoms. The first-order chi connectivity index (χ1) is 11.1. The highest BCUT2D eigenvalue weighted by Crippen LogP contribution is 2.31. The van der Waals surface area contributed by atoms with Crippen LogP contribution >= 0.6 is 15.9 Å². The van der Waals surface area contributed by atoms with Crippen molar-refractivity contribution in [1.82, 2.24) is 15.1 Å². The maximum Gasteiger partial charge on any atom is 0.305 e. The molecule has 0 aliphatic carbocycles. The number of likely N-dealkylation sites (tertiary alicyclic amines) is 1. The molecular weight excluding hydrogens is 362 g/mol. The van der Waals surface area contributed by atoms with Gasteiger partial charge in [0.05, 0.1) is 10.9 Å².